The Morgan fingerprint density at radius 1 is 1.40 bits per heavy atom. The Morgan fingerprint density at radius 3 is 2.80 bits per heavy atom. The van der Waals surface area contributed by atoms with Crippen molar-refractivity contribution >= 4 is 5.82 Å². The normalized spacial score (nSPS) is 12.7. The first-order chi connectivity index (χ1) is 7.16. The molecule has 2 rings (SSSR count). The maximum Gasteiger partial charge on any atom is 0.145 e. The monoisotopic (exact) mass is 205 g/mol. The molecule has 3 N–H and O–H groups in total. The van der Waals surface area contributed by atoms with E-state index in [1.165, 1.54) is 12.1 Å². The first-order valence-corrected chi connectivity index (χ1v) is 4.73. The average molecular weight is 205 g/mol. The van der Waals surface area contributed by atoms with Crippen molar-refractivity contribution in [1.29, 1.82) is 0 Å². The number of nitrogens with zero attached hydrogens (tertiary/aromatic N) is 1. The van der Waals surface area contributed by atoms with Gasteiger partial charge in [-0.25, -0.2) is 4.39 Å². The largest absolute Gasteiger partial charge is 0.382 e. The summed E-state index contributed by atoms with van der Waals surface area (Å²) in [5.74, 6) is 0.283. The van der Waals surface area contributed by atoms with Crippen molar-refractivity contribution in [3.63, 3.8) is 0 Å². The van der Waals surface area contributed by atoms with Gasteiger partial charge in [-0.2, -0.15) is 5.10 Å². The zero-order chi connectivity index (χ0) is 10.8. The van der Waals surface area contributed by atoms with Gasteiger partial charge in [-0.3, -0.25) is 5.10 Å². The number of H-pyrrole nitrogens is 1. The molecule has 0 fully saturated rings. The quantitative estimate of drug-likeness (QED) is 0.790. The Morgan fingerprint density at radius 2 is 2.20 bits per heavy atom. The molecule has 4 heteroatoms. The molecule has 1 atom stereocenters. The second-order valence-corrected chi connectivity index (χ2v) is 3.52. The van der Waals surface area contributed by atoms with Crippen molar-refractivity contribution in [2.45, 2.75) is 12.8 Å². The van der Waals surface area contributed by atoms with Crippen LogP contribution in [0, 0.1) is 5.82 Å². The molecule has 0 saturated heterocycles. The van der Waals surface area contributed by atoms with Crippen molar-refractivity contribution in [3.8, 4) is 0 Å². The minimum atomic E-state index is -0.230. The summed E-state index contributed by atoms with van der Waals surface area (Å²) in [5, 5.41) is 6.67. The Kier molecular flexibility index (Phi) is 2.41. The van der Waals surface area contributed by atoms with Gasteiger partial charge < -0.3 is 5.73 Å². The fourth-order valence-corrected chi connectivity index (χ4v) is 1.53. The van der Waals surface area contributed by atoms with E-state index >= 15 is 0 Å². The van der Waals surface area contributed by atoms with Crippen LogP contribution in [0.5, 0.6) is 0 Å². The highest BCUT2D eigenvalue weighted by Crippen LogP contribution is 2.23. The standard InChI is InChI=1S/C11H12FN3/c1-7(10-6-11(13)15-14-10)8-3-2-4-9(12)5-8/h2-7H,1H3,(H3,13,14,15). The second kappa shape index (κ2) is 3.73. The van der Waals surface area contributed by atoms with Crippen LogP contribution in [0.3, 0.4) is 0 Å². The lowest BCUT2D eigenvalue weighted by atomic mass is 9.98. The summed E-state index contributed by atoms with van der Waals surface area (Å²) in [7, 11) is 0. The van der Waals surface area contributed by atoms with E-state index in [2.05, 4.69) is 10.2 Å². The summed E-state index contributed by atoms with van der Waals surface area (Å²) >= 11 is 0. The third-order valence-corrected chi connectivity index (χ3v) is 2.43. The van der Waals surface area contributed by atoms with Gasteiger partial charge in [-0.1, -0.05) is 19.1 Å². The van der Waals surface area contributed by atoms with Crippen LogP contribution < -0.4 is 5.73 Å². The Balaban J connectivity index is 2.32. The summed E-state index contributed by atoms with van der Waals surface area (Å²) in [6, 6.07) is 8.28. The Hall–Kier alpha value is -1.84. The first kappa shape index (κ1) is 9.71. The third kappa shape index (κ3) is 1.98. The minimum Gasteiger partial charge on any atom is -0.382 e. The first-order valence-electron chi connectivity index (χ1n) is 4.73. The molecule has 0 amide bonds. The number of anilines is 1. The van der Waals surface area contributed by atoms with Crippen LogP contribution in [0.15, 0.2) is 30.3 Å². The average Bonchev–Trinajstić information content (AvgIpc) is 2.64. The van der Waals surface area contributed by atoms with Crippen LogP contribution in [-0.4, -0.2) is 10.2 Å². The van der Waals surface area contributed by atoms with Crippen LogP contribution >= 0.6 is 0 Å². The Bertz CT molecular complexity index is 464. The summed E-state index contributed by atoms with van der Waals surface area (Å²) < 4.78 is 13.0. The van der Waals surface area contributed by atoms with Crippen LogP contribution in [0.25, 0.3) is 0 Å². The van der Waals surface area contributed by atoms with E-state index in [-0.39, 0.29) is 11.7 Å². The molecule has 0 aliphatic rings. The van der Waals surface area contributed by atoms with Gasteiger partial charge in [0.05, 0.1) is 0 Å². The van der Waals surface area contributed by atoms with E-state index < -0.39 is 0 Å². The van der Waals surface area contributed by atoms with Crippen LogP contribution in [0.2, 0.25) is 0 Å². The molecule has 0 aliphatic heterocycles. The number of hydrogen-bond acceptors (Lipinski definition) is 2. The third-order valence-electron chi connectivity index (χ3n) is 2.43. The predicted octanol–water partition coefficient (Wildman–Crippen LogP) is 2.28. The van der Waals surface area contributed by atoms with E-state index in [4.69, 9.17) is 5.73 Å². The fraction of sp³-hybridized carbons (Fsp3) is 0.182. The van der Waals surface area contributed by atoms with Gasteiger partial charge in [0, 0.05) is 17.7 Å². The van der Waals surface area contributed by atoms with Gasteiger partial charge in [0.2, 0.25) is 0 Å². The molecule has 0 radical (unpaired) electrons. The summed E-state index contributed by atoms with van der Waals surface area (Å²) in [5.41, 5.74) is 7.30. The number of rotatable bonds is 2. The summed E-state index contributed by atoms with van der Waals surface area (Å²) in [6.45, 7) is 1.97. The molecule has 1 heterocycles. The molecule has 1 aromatic carbocycles. The lowest BCUT2D eigenvalue weighted by Crippen LogP contribution is -1.96. The van der Waals surface area contributed by atoms with E-state index in [1.54, 1.807) is 12.1 Å². The van der Waals surface area contributed by atoms with E-state index in [0.29, 0.717) is 5.82 Å². The van der Waals surface area contributed by atoms with Gasteiger partial charge in [0.25, 0.3) is 0 Å². The molecule has 1 aromatic heterocycles. The molecule has 0 saturated carbocycles. The van der Waals surface area contributed by atoms with Crippen molar-refractivity contribution in [2.75, 3.05) is 5.73 Å². The molecule has 0 spiro atoms. The zero-order valence-electron chi connectivity index (χ0n) is 8.37. The highest BCUT2D eigenvalue weighted by molar-refractivity contribution is 5.35. The zero-order valence-corrected chi connectivity index (χ0v) is 8.37. The topological polar surface area (TPSA) is 54.7 Å². The lowest BCUT2D eigenvalue weighted by Gasteiger charge is -2.08. The number of aromatic nitrogens is 2. The van der Waals surface area contributed by atoms with Gasteiger partial charge in [-0.05, 0) is 17.7 Å². The molecule has 0 aliphatic carbocycles. The van der Waals surface area contributed by atoms with Crippen LogP contribution in [0.4, 0.5) is 10.2 Å². The van der Waals surface area contributed by atoms with Gasteiger partial charge >= 0.3 is 0 Å². The molecule has 15 heavy (non-hydrogen) atoms. The molecule has 0 bridgehead atoms. The van der Waals surface area contributed by atoms with Crippen molar-refractivity contribution < 1.29 is 4.39 Å². The van der Waals surface area contributed by atoms with Crippen LogP contribution in [-0.2, 0) is 0 Å². The number of nitrogen functional groups attached to an aromatic ring is 1. The number of nitrogens with one attached hydrogen (secondary N) is 1. The highest BCUT2D eigenvalue weighted by Gasteiger charge is 2.11. The number of hydrogen-bond donors (Lipinski definition) is 2. The van der Waals surface area contributed by atoms with E-state index in [0.717, 1.165) is 11.3 Å². The predicted molar refractivity (Wildman–Crippen MR) is 56.9 cm³/mol. The van der Waals surface area contributed by atoms with Crippen molar-refractivity contribution in [3.05, 3.63) is 47.4 Å². The summed E-state index contributed by atoms with van der Waals surface area (Å²) in [4.78, 5) is 0. The number of halogens is 1. The maximum absolute atomic E-state index is 13.0. The van der Waals surface area contributed by atoms with Crippen molar-refractivity contribution in [2.24, 2.45) is 0 Å². The number of nitrogens with two attached hydrogens (primary N) is 1. The number of benzene rings is 1. The smallest absolute Gasteiger partial charge is 0.145 e. The van der Waals surface area contributed by atoms with Gasteiger partial charge in [0.15, 0.2) is 0 Å². The van der Waals surface area contributed by atoms with E-state index in [9.17, 15) is 4.39 Å². The summed E-state index contributed by atoms with van der Waals surface area (Å²) in [6.07, 6.45) is 0. The van der Waals surface area contributed by atoms with Gasteiger partial charge in [-0.15, -0.1) is 0 Å². The number of aromatic amines is 1. The molecular weight excluding hydrogens is 193 g/mol. The second-order valence-electron chi connectivity index (χ2n) is 3.52. The van der Waals surface area contributed by atoms with E-state index in [1.807, 2.05) is 13.0 Å². The molecule has 3 nitrogen and oxygen atoms in total. The fourth-order valence-electron chi connectivity index (χ4n) is 1.53. The van der Waals surface area contributed by atoms with Gasteiger partial charge in [0.1, 0.15) is 11.6 Å². The molecule has 78 valence electrons. The molecule has 2 aromatic rings. The highest BCUT2D eigenvalue weighted by atomic mass is 19.1. The minimum absolute atomic E-state index is 0.0606. The van der Waals surface area contributed by atoms with Crippen molar-refractivity contribution in [1.82, 2.24) is 10.2 Å². The SMILES string of the molecule is CC(c1cccc(F)c1)c1cc(N)n[nH]1. The molecular formula is C11H12FN3. The Labute approximate surface area is 87.1 Å². The van der Waals surface area contributed by atoms with Crippen LogP contribution in [0.1, 0.15) is 24.1 Å². The molecule has 1 unspecified atom stereocenters. The lowest BCUT2D eigenvalue weighted by molar-refractivity contribution is 0.624. The maximum atomic E-state index is 13.0.